The number of phenols is 1. The van der Waals surface area contributed by atoms with Gasteiger partial charge in [0.05, 0.1) is 20.3 Å². The molecular formula is C14H21NO5. The number of hydrogen-bond acceptors (Lipinski definition) is 5. The molecule has 1 amide bonds. The third kappa shape index (κ3) is 4.11. The molecule has 0 aliphatic carbocycles. The number of ether oxygens (including phenoxy) is 3. The quantitative estimate of drug-likeness (QED) is 0.774. The Balaban J connectivity index is 2.98. The van der Waals surface area contributed by atoms with Gasteiger partial charge in [0.25, 0.3) is 5.91 Å². The molecule has 0 spiro atoms. The number of benzene rings is 1. The Bertz CT molecular complexity index is 428. The molecule has 0 saturated carbocycles. The molecule has 20 heavy (non-hydrogen) atoms. The van der Waals surface area contributed by atoms with Gasteiger partial charge in [-0.1, -0.05) is 6.07 Å². The number of carbonyl (C=O) groups excluding carboxylic acids is 1. The summed E-state index contributed by atoms with van der Waals surface area (Å²) < 4.78 is 15.1. The minimum Gasteiger partial charge on any atom is -0.507 e. The molecule has 0 atom stereocenters. The summed E-state index contributed by atoms with van der Waals surface area (Å²) in [6, 6.07) is 4.72. The van der Waals surface area contributed by atoms with Crippen LogP contribution in [0.2, 0.25) is 0 Å². The van der Waals surface area contributed by atoms with Crippen LogP contribution in [0.4, 0.5) is 0 Å². The van der Waals surface area contributed by atoms with Crippen molar-refractivity contribution in [3.05, 3.63) is 23.8 Å². The standard InChI is InChI=1S/C14H21NO5/c1-18-9-7-15(8-10-19-2)14(17)13-11(16)5-4-6-12(13)20-3/h4-6,16H,7-10H2,1-3H3. The Kier molecular flexibility index (Phi) is 6.83. The van der Waals surface area contributed by atoms with Crippen molar-refractivity contribution in [2.45, 2.75) is 0 Å². The number of nitrogens with zero attached hydrogens (tertiary/aromatic N) is 1. The molecular weight excluding hydrogens is 262 g/mol. The van der Waals surface area contributed by atoms with E-state index in [-0.39, 0.29) is 17.2 Å². The van der Waals surface area contributed by atoms with Gasteiger partial charge in [0.2, 0.25) is 0 Å². The van der Waals surface area contributed by atoms with Crippen LogP contribution in [0.15, 0.2) is 18.2 Å². The predicted octanol–water partition coefficient (Wildman–Crippen LogP) is 1.14. The second-order valence-corrected chi connectivity index (χ2v) is 4.13. The molecule has 0 aliphatic heterocycles. The first-order valence-electron chi connectivity index (χ1n) is 6.28. The van der Waals surface area contributed by atoms with Crippen molar-refractivity contribution in [1.29, 1.82) is 0 Å². The summed E-state index contributed by atoms with van der Waals surface area (Å²) in [5.41, 5.74) is 0.155. The summed E-state index contributed by atoms with van der Waals surface area (Å²) in [6.07, 6.45) is 0. The van der Waals surface area contributed by atoms with E-state index in [2.05, 4.69) is 0 Å². The number of aromatic hydroxyl groups is 1. The molecule has 0 aromatic heterocycles. The molecule has 112 valence electrons. The molecule has 0 saturated heterocycles. The Labute approximate surface area is 118 Å². The first-order valence-corrected chi connectivity index (χ1v) is 6.28. The number of phenolic OH excluding ortho intramolecular Hbond substituents is 1. The molecule has 1 aromatic rings. The van der Waals surface area contributed by atoms with Crippen LogP contribution < -0.4 is 4.74 Å². The van der Waals surface area contributed by atoms with Gasteiger partial charge in [-0.15, -0.1) is 0 Å². The van der Waals surface area contributed by atoms with Gasteiger partial charge < -0.3 is 24.2 Å². The van der Waals surface area contributed by atoms with Crippen molar-refractivity contribution in [2.75, 3.05) is 47.6 Å². The molecule has 0 fully saturated rings. The molecule has 1 aromatic carbocycles. The predicted molar refractivity (Wildman–Crippen MR) is 74.3 cm³/mol. The van der Waals surface area contributed by atoms with Gasteiger partial charge in [0, 0.05) is 27.3 Å². The van der Waals surface area contributed by atoms with Gasteiger partial charge >= 0.3 is 0 Å². The van der Waals surface area contributed by atoms with E-state index in [9.17, 15) is 9.90 Å². The number of amides is 1. The zero-order valence-electron chi connectivity index (χ0n) is 12.1. The minimum atomic E-state index is -0.311. The average Bonchev–Trinajstić information content (AvgIpc) is 2.46. The summed E-state index contributed by atoms with van der Waals surface area (Å²) >= 11 is 0. The molecule has 0 unspecified atom stereocenters. The van der Waals surface area contributed by atoms with Gasteiger partial charge in [0.1, 0.15) is 17.1 Å². The van der Waals surface area contributed by atoms with E-state index in [4.69, 9.17) is 14.2 Å². The van der Waals surface area contributed by atoms with E-state index >= 15 is 0 Å². The maximum absolute atomic E-state index is 12.5. The second-order valence-electron chi connectivity index (χ2n) is 4.13. The van der Waals surface area contributed by atoms with Crippen LogP contribution in [-0.4, -0.2) is 63.5 Å². The lowest BCUT2D eigenvalue weighted by atomic mass is 10.1. The molecule has 1 N–H and O–H groups in total. The van der Waals surface area contributed by atoms with Crippen LogP contribution in [-0.2, 0) is 9.47 Å². The van der Waals surface area contributed by atoms with E-state index < -0.39 is 0 Å². The Morgan fingerprint density at radius 3 is 2.25 bits per heavy atom. The third-order valence-electron chi connectivity index (χ3n) is 2.86. The summed E-state index contributed by atoms with van der Waals surface area (Å²) in [4.78, 5) is 14.1. The highest BCUT2D eigenvalue weighted by Gasteiger charge is 2.22. The van der Waals surface area contributed by atoms with Crippen molar-refractivity contribution < 1.29 is 24.1 Å². The van der Waals surface area contributed by atoms with Crippen LogP contribution in [0, 0.1) is 0 Å². The monoisotopic (exact) mass is 283 g/mol. The van der Waals surface area contributed by atoms with Gasteiger partial charge in [-0.2, -0.15) is 0 Å². The fourth-order valence-electron chi connectivity index (χ4n) is 1.78. The van der Waals surface area contributed by atoms with Crippen molar-refractivity contribution in [1.82, 2.24) is 4.90 Å². The van der Waals surface area contributed by atoms with Gasteiger partial charge in [0.15, 0.2) is 0 Å². The SMILES string of the molecule is COCCN(CCOC)C(=O)c1c(O)cccc1OC. The van der Waals surface area contributed by atoms with Gasteiger partial charge in [-0.3, -0.25) is 4.79 Å². The Morgan fingerprint density at radius 2 is 1.75 bits per heavy atom. The molecule has 0 heterocycles. The van der Waals surface area contributed by atoms with E-state index in [1.165, 1.54) is 13.2 Å². The number of methoxy groups -OCH3 is 3. The van der Waals surface area contributed by atoms with E-state index in [0.29, 0.717) is 32.1 Å². The molecule has 0 radical (unpaired) electrons. The summed E-state index contributed by atoms with van der Waals surface area (Å²) in [5.74, 6) is -0.0712. The van der Waals surface area contributed by atoms with Crippen LogP contribution >= 0.6 is 0 Å². The lowest BCUT2D eigenvalue weighted by molar-refractivity contribution is 0.0621. The van der Waals surface area contributed by atoms with Gasteiger partial charge in [-0.05, 0) is 12.1 Å². The van der Waals surface area contributed by atoms with Crippen LogP contribution in [0.25, 0.3) is 0 Å². The fraction of sp³-hybridized carbons (Fsp3) is 0.500. The summed E-state index contributed by atoms with van der Waals surface area (Å²) in [5, 5.41) is 9.90. The number of hydrogen-bond donors (Lipinski definition) is 1. The lowest BCUT2D eigenvalue weighted by Crippen LogP contribution is -2.36. The van der Waals surface area contributed by atoms with Crippen LogP contribution in [0.3, 0.4) is 0 Å². The first kappa shape index (κ1) is 16.3. The molecule has 0 bridgehead atoms. The van der Waals surface area contributed by atoms with Crippen molar-refractivity contribution in [3.8, 4) is 11.5 Å². The summed E-state index contributed by atoms with van der Waals surface area (Å²) in [6.45, 7) is 1.64. The molecule has 6 heteroatoms. The minimum absolute atomic E-state index is 0.103. The smallest absolute Gasteiger partial charge is 0.261 e. The largest absolute Gasteiger partial charge is 0.507 e. The maximum Gasteiger partial charge on any atom is 0.261 e. The zero-order chi connectivity index (χ0) is 15.0. The third-order valence-corrected chi connectivity index (χ3v) is 2.86. The van der Waals surface area contributed by atoms with E-state index in [1.807, 2.05) is 0 Å². The highest BCUT2D eigenvalue weighted by atomic mass is 16.5. The second kappa shape index (κ2) is 8.39. The molecule has 1 rings (SSSR count). The lowest BCUT2D eigenvalue weighted by Gasteiger charge is -2.23. The van der Waals surface area contributed by atoms with E-state index in [1.54, 1.807) is 31.3 Å². The normalized spacial score (nSPS) is 10.3. The van der Waals surface area contributed by atoms with Crippen LogP contribution in [0.1, 0.15) is 10.4 Å². The average molecular weight is 283 g/mol. The van der Waals surface area contributed by atoms with Crippen molar-refractivity contribution in [2.24, 2.45) is 0 Å². The highest BCUT2D eigenvalue weighted by Crippen LogP contribution is 2.28. The maximum atomic E-state index is 12.5. The van der Waals surface area contributed by atoms with E-state index in [0.717, 1.165) is 0 Å². The Morgan fingerprint density at radius 1 is 1.15 bits per heavy atom. The number of rotatable bonds is 8. The van der Waals surface area contributed by atoms with Gasteiger partial charge in [-0.25, -0.2) is 0 Å². The summed E-state index contributed by atoms with van der Waals surface area (Å²) in [7, 11) is 4.60. The zero-order valence-corrected chi connectivity index (χ0v) is 12.1. The molecule has 6 nitrogen and oxygen atoms in total. The highest BCUT2D eigenvalue weighted by molar-refractivity contribution is 5.99. The fourth-order valence-corrected chi connectivity index (χ4v) is 1.78. The van der Waals surface area contributed by atoms with Crippen molar-refractivity contribution >= 4 is 5.91 Å². The molecule has 0 aliphatic rings. The number of carbonyl (C=O) groups is 1. The topological polar surface area (TPSA) is 68.2 Å². The van der Waals surface area contributed by atoms with Crippen molar-refractivity contribution in [3.63, 3.8) is 0 Å². The first-order chi connectivity index (χ1) is 9.65. The van der Waals surface area contributed by atoms with Crippen LogP contribution in [0.5, 0.6) is 11.5 Å². The Hall–Kier alpha value is -1.79.